The number of benzene rings is 1. The minimum atomic E-state index is 0.183. The van der Waals surface area contributed by atoms with Crippen LogP contribution in [0.15, 0.2) is 30.5 Å². The summed E-state index contributed by atoms with van der Waals surface area (Å²) in [6.45, 7) is 4.00. The van der Waals surface area contributed by atoms with Crippen LogP contribution in [-0.2, 0) is 0 Å². The highest BCUT2D eigenvalue weighted by molar-refractivity contribution is 14.1. The standard InChI is InChI=1S/C12H12INO2S/c1-8(2)15-9-3-5-10(6-4-9)16-12-14-7-11(13)17-12/h3-8H,1-2H3. The molecule has 1 heterocycles. The predicted molar refractivity (Wildman–Crippen MR) is 77.1 cm³/mol. The molecule has 0 amide bonds. The minimum absolute atomic E-state index is 0.183. The SMILES string of the molecule is CC(C)Oc1ccc(Oc2ncc(I)s2)cc1. The van der Waals surface area contributed by atoms with E-state index >= 15 is 0 Å². The Kier molecular flexibility index (Phi) is 4.22. The molecule has 0 N–H and O–H groups in total. The fourth-order valence-electron chi connectivity index (χ4n) is 1.25. The van der Waals surface area contributed by atoms with E-state index in [1.54, 1.807) is 6.20 Å². The quantitative estimate of drug-likeness (QED) is 0.760. The molecule has 0 radical (unpaired) electrons. The first-order chi connectivity index (χ1) is 8.13. The van der Waals surface area contributed by atoms with Gasteiger partial charge < -0.3 is 9.47 Å². The zero-order valence-corrected chi connectivity index (χ0v) is 12.5. The monoisotopic (exact) mass is 361 g/mol. The summed E-state index contributed by atoms with van der Waals surface area (Å²) in [5.74, 6) is 1.62. The lowest BCUT2D eigenvalue weighted by atomic mass is 10.3. The van der Waals surface area contributed by atoms with Gasteiger partial charge in [-0.3, -0.25) is 0 Å². The van der Waals surface area contributed by atoms with E-state index < -0.39 is 0 Å². The van der Waals surface area contributed by atoms with Crippen molar-refractivity contribution in [1.82, 2.24) is 4.98 Å². The van der Waals surface area contributed by atoms with E-state index in [9.17, 15) is 0 Å². The molecule has 0 spiro atoms. The maximum atomic E-state index is 5.61. The number of ether oxygens (including phenoxy) is 2. The molecule has 0 aliphatic heterocycles. The van der Waals surface area contributed by atoms with Crippen molar-refractivity contribution in [2.24, 2.45) is 0 Å². The smallest absolute Gasteiger partial charge is 0.279 e. The second kappa shape index (κ2) is 5.68. The van der Waals surface area contributed by atoms with Gasteiger partial charge in [-0.25, -0.2) is 4.98 Å². The third kappa shape index (κ3) is 3.85. The molecule has 0 atom stereocenters. The van der Waals surface area contributed by atoms with E-state index in [1.807, 2.05) is 38.1 Å². The lowest BCUT2D eigenvalue weighted by molar-refractivity contribution is 0.242. The molecule has 2 aromatic rings. The van der Waals surface area contributed by atoms with Crippen molar-refractivity contribution in [2.45, 2.75) is 20.0 Å². The summed E-state index contributed by atoms with van der Waals surface area (Å²) in [6.07, 6.45) is 1.97. The van der Waals surface area contributed by atoms with Crippen molar-refractivity contribution in [3.05, 3.63) is 33.3 Å². The van der Waals surface area contributed by atoms with Gasteiger partial charge in [0.1, 0.15) is 11.5 Å². The fourth-order valence-corrected chi connectivity index (χ4v) is 2.47. The van der Waals surface area contributed by atoms with Gasteiger partial charge in [0.15, 0.2) is 0 Å². The number of rotatable bonds is 4. The third-order valence-corrected chi connectivity index (χ3v) is 3.46. The Hall–Kier alpha value is -0.820. The van der Waals surface area contributed by atoms with Crippen molar-refractivity contribution in [2.75, 3.05) is 0 Å². The van der Waals surface area contributed by atoms with Crippen LogP contribution >= 0.6 is 33.9 Å². The van der Waals surface area contributed by atoms with Crippen molar-refractivity contribution in [3.63, 3.8) is 0 Å². The van der Waals surface area contributed by atoms with E-state index in [4.69, 9.17) is 9.47 Å². The molecular weight excluding hydrogens is 349 g/mol. The van der Waals surface area contributed by atoms with E-state index in [0.717, 1.165) is 14.4 Å². The van der Waals surface area contributed by atoms with Crippen LogP contribution in [0.3, 0.4) is 0 Å². The molecule has 0 bridgehead atoms. The van der Waals surface area contributed by atoms with Crippen LogP contribution in [0.2, 0.25) is 0 Å². The van der Waals surface area contributed by atoms with Gasteiger partial charge in [0.25, 0.3) is 5.19 Å². The summed E-state index contributed by atoms with van der Waals surface area (Å²) in [5.41, 5.74) is 0. The average Bonchev–Trinajstić information content (AvgIpc) is 2.66. The van der Waals surface area contributed by atoms with Crippen LogP contribution in [-0.4, -0.2) is 11.1 Å². The normalized spacial score (nSPS) is 10.6. The van der Waals surface area contributed by atoms with Gasteiger partial charge in [0, 0.05) is 0 Å². The molecule has 0 saturated heterocycles. The summed E-state index contributed by atoms with van der Waals surface area (Å²) >= 11 is 3.74. The Morgan fingerprint density at radius 1 is 1.18 bits per heavy atom. The summed E-state index contributed by atoms with van der Waals surface area (Å²) in [5, 5.41) is 0.659. The molecule has 2 rings (SSSR count). The Balaban J connectivity index is 2.03. The molecule has 1 aromatic heterocycles. The molecule has 0 fully saturated rings. The average molecular weight is 361 g/mol. The second-order valence-electron chi connectivity index (χ2n) is 3.67. The Morgan fingerprint density at radius 3 is 2.35 bits per heavy atom. The molecule has 0 unspecified atom stereocenters. The molecule has 0 aliphatic carbocycles. The van der Waals surface area contributed by atoms with E-state index in [-0.39, 0.29) is 6.10 Å². The van der Waals surface area contributed by atoms with Crippen molar-refractivity contribution < 1.29 is 9.47 Å². The van der Waals surface area contributed by atoms with E-state index in [1.165, 1.54) is 11.3 Å². The lowest BCUT2D eigenvalue weighted by Crippen LogP contribution is -2.05. The zero-order valence-electron chi connectivity index (χ0n) is 9.51. The van der Waals surface area contributed by atoms with Crippen LogP contribution in [0.4, 0.5) is 0 Å². The maximum absolute atomic E-state index is 5.61. The molecule has 0 saturated carbocycles. The number of thiazole rings is 1. The number of aromatic nitrogens is 1. The third-order valence-electron chi connectivity index (χ3n) is 1.86. The number of halogens is 1. The number of hydrogen-bond donors (Lipinski definition) is 0. The van der Waals surface area contributed by atoms with Gasteiger partial charge in [-0.05, 0) is 60.7 Å². The Bertz CT molecular complexity index is 482. The topological polar surface area (TPSA) is 31.4 Å². The van der Waals surface area contributed by atoms with Crippen molar-refractivity contribution in [1.29, 1.82) is 0 Å². The Labute approximate surface area is 118 Å². The molecule has 90 valence electrons. The number of nitrogens with zero attached hydrogens (tertiary/aromatic N) is 1. The summed E-state index contributed by atoms with van der Waals surface area (Å²) in [7, 11) is 0. The minimum Gasteiger partial charge on any atom is -0.491 e. The van der Waals surface area contributed by atoms with Crippen LogP contribution < -0.4 is 9.47 Å². The highest BCUT2D eigenvalue weighted by Crippen LogP contribution is 2.28. The van der Waals surface area contributed by atoms with Gasteiger partial charge in [-0.2, -0.15) is 0 Å². The highest BCUT2D eigenvalue weighted by Gasteiger charge is 2.03. The summed E-state index contributed by atoms with van der Waals surface area (Å²) < 4.78 is 12.3. The number of hydrogen-bond acceptors (Lipinski definition) is 4. The van der Waals surface area contributed by atoms with Gasteiger partial charge in [-0.1, -0.05) is 11.3 Å². The first-order valence-electron chi connectivity index (χ1n) is 5.19. The van der Waals surface area contributed by atoms with Crippen LogP contribution in [0.5, 0.6) is 16.7 Å². The van der Waals surface area contributed by atoms with Crippen LogP contribution in [0.25, 0.3) is 0 Å². The molecule has 1 aromatic carbocycles. The summed E-state index contributed by atoms with van der Waals surface area (Å²) in [4.78, 5) is 4.14. The first kappa shape index (κ1) is 12.6. The molecular formula is C12H12INO2S. The van der Waals surface area contributed by atoms with Gasteiger partial charge in [-0.15, -0.1) is 0 Å². The lowest BCUT2D eigenvalue weighted by Gasteiger charge is -2.09. The highest BCUT2D eigenvalue weighted by atomic mass is 127. The van der Waals surface area contributed by atoms with Crippen LogP contribution in [0.1, 0.15) is 13.8 Å². The predicted octanol–water partition coefficient (Wildman–Crippen LogP) is 4.33. The van der Waals surface area contributed by atoms with E-state index in [0.29, 0.717) is 5.19 Å². The van der Waals surface area contributed by atoms with Crippen LogP contribution in [0, 0.1) is 2.88 Å². The maximum Gasteiger partial charge on any atom is 0.279 e. The zero-order chi connectivity index (χ0) is 12.3. The van der Waals surface area contributed by atoms with Gasteiger partial charge in [0.05, 0.1) is 15.2 Å². The molecule has 5 heteroatoms. The Morgan fingerprint density at radius 2 is 1.82 bits per heavy atom. The largest absolute Gasteiger partial charge is 0.491 e. The molecule has 17 heavy (non-hydrogen) atoms. The van der Waals surface area contributed by atoms with E-state index in [2.05, 4.69) is 27.6 Å². The van der Waals surface area contributed by atoms with Gasteiger partial charge >= 0.3 is 0 Å². The molecule has 3 nitrogen and oxygen atoms in total. The first-order valence-corrected chi connectivity index (χ1v) is 7.09. The van der Waals surface area contributed by atoms with Crippen molar-refractivity contribution in [3.8, 4) is 16.7 Å². The molecule has 0 aliphatic rings. The summed E-state index contributed by atoms with van der Waals surface area (Å²) in [6, 6.07) is 7.56. The fraction of sp³-hybridized carbons (Fsp3) is 0.250. The van der Waals surface area contributed by atoms with Crippen molar-refractivity contribution >= 4 is 33.9 Å². The van der Waals surface area contributed by atoms with Gasteiger partial charge in [0.2, 0.25) is 0 Å². The second-order valence-corrected chi connectivity index (χ2v) is 6.56.